The maximum atomic E-state index is 14.4. The van der Waals surface area contributed by atoms with Gasteiger partial charge < -0.3 is 10.1 Å². The molecule has 1 N–H and O–H groups in total. The molecule has 0 saturated heterocycles. The number of aromatic nitrogens is 4. The predicted molar refractivity (Wildman–Crippen MR) is 106 cm³/mol. The van der Waals surface area contributed by atoms with Crippen molar-refractivity contribution >= 4 is 11.6 Å². The van der Waals surface area contributed by atoms with E-state index < -0.39 is 23.8 Å². The molecular weight excluding hydrogens is 430 g/mol. The van der Waals surface area contributed by atoms with E-state index in [1.54, 1.807) is 24.3 Å². The van der Waals surface area contributed by atoms with Gasteiger partial charge in [-0.2, -0.15) is 0 Å². The molecule has 2 aromatic carbocycles. The van der Waals surface area contributed by atoms with Crippen LogP contribution in [0.5, 0.6) is 5.75 Å². The van der Waals surface area contributed by atoms with Gasteiger partial charge in [0, 0.05) is 18.0 Å². The molecule has 1 amide bonds. The van der Waals surface area contributed by atoms with Crippen LogP contribution in [0.25, 0.3) is 17.1 Å². The fourth-order valence-electron chi connectivity index (χ4n) is 2.92. The number of ether oxygens (including phenoxy) is 1. The second-order valence-electron chi connectivity index (χ2n) is 6.39. The lowest BCUT2D eigenvalue weighted by atomic mass is 10.2. The topological polar surface area (TPSA) is 81.9 Å². The molecule has 162 valence electrons. The van der Waals surface area contributed by atoms with Gasteiger partial charge in [-0.1, -0.05) is 29.5 Å². The summed E-state index contributed by atoms with van der Waals surface area (Å²) in [6.45, 7) is 0. The molecule has 2 aromatic heterocycles. The van der Waals surface area contributed by atoms with Gasteiger partial charge in [-0.15, -0.1) is 18.3 Å². The van der Waals surface area contributed by atoms with Gasteiger partial charge in [0.1, 0.15) is 22.9 Å². The predicted octanol–water partition coefficient (Wildman–Crippen LogP) is 4.62. The Bertz CT molecular complexity index is 1260. The molecule has 0 aliphatic heterocycles. The smallest absolute Gasteiger partial charge is 0.406 e. The lowest BCUT2D eigenvalue weighted by Crippen LogP contribution is -2.18. The van der Waals surface area contributed by atoms with Gasteiger partial charge in [0.15, 0.2) is 5.69 Å². The van der Waals surface area contributed by atoms with Gasteiger partial charge in [0.05, 0.1) is 5.69 Å². The van der Waals surface area contributed by atoms with Crippen LogP contribution in [-0.4, -0.2) is 32.2 Å². The van der Waals surface area contributed by atoms with Crippen molar-refractivity contribution in [2.45, 2.75) is 6.36 Å². The maximum Gasteiger partial charge on any atom is 0.573 e. The van der Waals surface area contributed by atoms with E-state index in [4.69, 9.17) is 0 Å². The minimum atomic E-state index is -4.88. The first-order chi connectivity index (χ1) is 15.3. The van der Waals surface area contributed by atoms with E-state index in [0.29, 0.717) is 5.69 Å². The molecule has 0 radical (unpaired) electrons. The second-order valence-corrected chi connectivity index (χ2v) is 6.39. The van der Waals surface area contributed by atoms with Gasteiger partial charge in [-0.3, -0.25) is 9.78 Å². The number of nitrogens with one attached hydrogen (secondary N) is 1. The second kappa shape index (κ2) is 8.46. The fourth-order valence-corrected chi connectivity index (χ4v) is 2.92. The van der Waals surface area contributed by atoms with Crippen molar-refractivity contribution in [2.75, 3.05) is 5.32 Å². The Kier molecular flexibility index (Phi) is 5.54. The quantitative estimate of drug-likeness (QED) is 0.455. The number of alkyl halides is 3. The number of carbonyl (C=O) groups is 1. The van der Waals surface area contributed by atoms with Crippen LogP contribution in [0.3, 0.4) is 0 Å². The summed E-state index contributed by atoms with van der Waals surface area (Å²) in [5.41, 5.74) is 0.273. The summed E-state index contributed by atoms with van der Waals surface area (Å²) in [6, 6.07) is 15.5. The Labute approximate surface area is 178 Å². The molecule has 0 aliphatic rings. The minimum absolute atomic E-state index is 0.0316. The van der Waals surface area contributed by atoms with E-state index in [1.165, 1.54) is 36.5 Å². The first-order valence-electron chi connectivity index (χ1n) is 9.11. The number of amides is 1. The molecule has 2 heterocycles. The van der Waals surface area contributed by atoms with E-state index in [-0.39, 0.29) is 22.8 Å². The molecule has 0 atom stereocenters. The van der Waals surface area contributed by atoms with E-state index in [1.807, 2.05) is 0 Å². The monoisotopic (exact) mass is 443 g/mol. The molecule has 0 fully saturated rings. The molecular formula is C21H13F4N5O2. The first-order valence-corrected chi connectivity index (χ1v) is 9.11. The molecule has 0 unspecified atom stereocenters. The lowest BCUT2D eigenvalue weighted by Gasteiger charge is -2.11. The van der Waals surface area contributed by atoms with Crippen LogP contribution in [0.15, 0.2) is 72.9 Å². The van der Waals surface area contributed by atoms with Crippen LogP contribution < -0.4 is 10.1 Å². The van der Waals surface area contributed by atoms with Gasteiger partial charge in [-0.05, 0) is 36.4 Å². The largest absolute Gasteiger partial charge is 0.573 e. The Hall–Kier alpha value is -4.28. The third-order valence-corrected chi connectivity index (χ3v) is 4.20. The number of rotatable bonds is 5. The van der Waals surface area contributed by atoms with Crippen molar-refractivity contribution in [3.05, 3.63) is 84.4 Å². The highest BCUT2D eigenvalue weighted by atomic mass is 19.4. The molecule has 0 saturated carbocycles. The number of pyridine rings is 1. The summed E-state index contributed by atoms with van der Waals surface area (Å²) >= 11 is 0. The molecule has 32 heavy (non-hydrogen) atoms. The number of para-hydroxylation sites is 1. The van der Waals surface area contributed by atoms with Crippen LogP contribution in [0, 0.1) is 5.82 Å². The van der Waals surface area contributed by atoms with Crippen molar-refractivity contribution < 1.29 is 27.1 Å². The average Bonchev–Trinajstić information content (AvgIpc) is 3.19. The third-order valence-electron chi connectivity index (χ3n) is 4.20. The molecule has 0 bridgehead atoms. The van der Waals surface area contributed by atoms with Crippen molar-refractivity contribution in [1.82, 2.24) is 20.0 Å². The molecule has 4 aromatic rings. The fraction of sp³-hybridized carbons (Fsp3) is 0.0476. The van der Waals surface area contributed by atoms with Crippen molar-refractivity contribution in [2.24, 2.45) is 0 Å². The van der Waals surface area contributed by atoms with Gasteiger partial charge >= 0.3 is 6.36 Å². The van der Waals surface area contributed by atoms with Crippen molar-refractivity contribution in [1.29, 1.82) is 0 Å². The number of anilines is 1. The summed E-state index contributed by atoms with van der Waals surface area (Å²) in [5.74, 6) is -1.88. The molecule has 7 nitrogen and oxygen atoms in total. The molecule has 0 aliphatic carbocycles. The lowest BCUT2D eigenvalue weighted by molar-refractivity contribution is -0.274. The summed E-state index contributed by atoms with van der Waals surface area (Å²) in [5, 5.41) is 10.2. The molecule has 11 heteroatoms. The van der Waals surface area contributed by atoms with Gasteiger partial charge in [0.2, 0.25) is 0 Å². The SMILES string of the molecule is O=C(Nc1cccc(OC(F)(F)F)c1)c1nnn(-c2ccccc2F)c1-c1ccccn1. The zero-order valence-corrected chi connectivity index (χ0v) is 16.0. The zero-order valence-electron chi connectivity index (χ0n) is 16.0. The first kappa shape index (κ1) is 21.0. The molecule has 4 rings (SSSR count). The summed E-state index contributed by atoms with van der Waals surface area (Å²) in [6.07, 6.45) is -3.40. The van der Waals surface area contributed by atoms with E-state index in [2.05, 4.69) is 25.3 Å². The highest BCUT2D eigenvalue weighted by Crippen LogP contribution is 2.27. The highest BCUT2D eigenvalue weighted by Gasteiger charge is 2.31. The summed E-state index contributed by atoms with van der Waals surface area (Å²) in [4.78, 5) is 17.1. The Balaban J connectivity index is 1.72. The summed E-state index contributed by atoms with van der Waals surface area (Å²) < 4.78 is 56.8. The number of benzene rings is 2. The van der Waals surface area contributed by atoms with E-state index >= 15 is 0 Å². The van der Waals surface area contributed by atoms with Crippen LogP contribution in [-0.2, 0) is 0 Å². The number of carbonyl (C=O) groups excluding carboxylic acids is 1. The standard InChI is InChI=1S/C21H13F4N5O2/c22-15-8-1-2-10-17(15)30-19(16-9-3-4-11-26-16)18(28-29-30)20(31)27-13-6-5-7-14(12-13)32-21(23,24)25/h1-12H,(H,27,31). The normalized spacial score (nSPS) is 11.2. The third kappa shape index (κ3) is 4.56. The highest BCUT2D eigenvalue weighted by molar-refractivity contribution is 6.06. The Morgan fingerprint density at radius 2 is 1.78 bits per heavy atom. The Morgan fingerprint density at radius 1 is 1.00 bits per heavy atom. The Morgan fingerprint density at radius 3 is 2.50 bits per heavy atom. The maximum absolute atomic E-state index is 14.4. The van der Waals surface area contributed by atoms with Crippen molar-refractivity contribution in [3.63, 3.8) is 0 Å². The summed E-state index contributed by atoms with van der Waals surface area (Å²) in [7, 11) is 0. The zero-order chi connectivity index (χ0) is 22.7. The van der Waals surface area contributed by atoms with Crippen LogP contribution >= 0.6 is 0 Å². The number of hydrogen-bond acceptors (Lipinski definition) is 5. The number of nitrogens with zero attached hydrogens (tertiary/aromatic N) is 4. The van der Waals surface area contributed by atoms with Crippen molar-refractivity contribution in [3.8, 4) is 22.8 Å². The van der Waals surface area contributed by atoms with Gasteiger partial charge in [0.25, 0.3) is 5.91 Å². The van der Waals surface area contributed by atoms with Crippen LogP contribution in [0.2, 0.25) is 0 Å². The minimum Gasteiger partial charge on any atom is -0.406 e. The molecule has 0 spiro atoms. The van der Waals surface area contributed by atoms with Gasteiger partial charge in [-0.25, -0.2) is 9.07 Å². The van der Waals surface area contributed by atoms with Crippen LogP contribution in [0.4, 0.5) is 23.2 Å². The number of hydrogen-bond donors (Lipinski definition) is 1. The van der Waals surface area contributed by atoms with E-state index in [9.17, 15) is 22.4 Å². The van der Waals surface area contributed by atoms with E-state index in [0.717, 1.165) is 16.8 Å². The average molecular weight is 443 g/mol. The number of halogens is 4. The van der Waals surface area contributed by atoms with Crippen LogP contribution in [0.1, 0.15) is 10.5 Å².